The van der Waals surface area contributed by atoms with E-state index in [9.17, 15) is 22.4 Å². The highest BCUT2D eigenvalue weighted by atomic mass is 32.2. The summed E-state index contributed by atoms with van der Waals surface area (Å²) in [6.07, 6.45) is 5.74. The zero-order valence-electron chi connectivity index (χ0n) is 25.3. The van der Waals surface area contributed by atoms with Crippen LogP contribution in [0, 0.1) is 19.7 Å². The lowest BCUT2D eigenvalue weighted by molar-refractivity contribution is -0.141. The van der Waals surface area contributed by atoms with Crippen molar-refractivity contribution in [2.24, 2.45) is 0 Å². The molecular formula is C34H42FN3O4S. The molecule has 3 aromatic rings. The summed E-state index contributed by atoms with van der Waals surface area (Å²) in [5, 5.41) is 3.18. The van der Waals surface area contributed by atoms with Crippen molar-refractivity contribution in [1.29, 1.82) is 0 Å². The van der Waals surface area contributed by atoms with Gasteiger partial charge in [-0.2, -0.15) is 0 Å². The summed E-state index contributed by atoms with van der Waals surface area (Å²) in [4.78, 5) is 29.4. The Labute approximate surface area is 255 Å². The van der Waals surface area contributed by atoms with E-state index in [1.165, 1.54) is 22.7 Å². The number of carbonyl (C=O) groups is 2. The molecule has 43 heavy (non-hydrogen) atoms. The van der Waals surface area contributed by atoms with Gasteiger partial charge < -0.3 is 10.2 Å². The lowest BCUT2D eigenvalue weighted by Gasteiger charge is -2.33. The molecule has 0 aromatic heterocycles. The zero-order valence-corrected chi connectivity index (χ0v) is 26.1. The Balaban J connectivity index is 1.59. The Morgan fingerprint density at radius 1 is 0.930 bits per heavy atom. The van der Waals surface area contributed by atoms with Gasteiger partial charge in [0, 0.05) is 32.0 Å². The summed E-state index contributed by atoms with van der Waals surface area (Å²) >= 11 is 0. The number of benzene rings is 3. The summed E-state index contributed by atoms with van der Waals surface area (Å²) in [7, 11) is -3.60. The molecule has 1 fully saturated rings. The van der Waals surface area contributed by atoms with Crippen molar-refractivity contribution in [3.05, 3.63) is 101 Å². The molecular weight excluding hydrogens is 565 g/mol. The highest BCUT2D eigenvalue weighted by Crippen LogP contribution is 2.26. The SMILES string of the molecule is Cc1cccc(N(CCCC(=O)N(Cc2ccc(F)cc2)[C@@H](Cc2ccccc2)C(=O)NC2CCCC2)S(C)(=O)=O)c1C. The molecule has 0 unspecified atom stereocenters. The maximum Gasteiger partial charge on any atom is 0.243 e. The number of anilines is 1. The number of hydrogen-bond acceptors (Lipinski definition) is 4. The van der Waals surface area contributed by atoms with Crippen LogP contribution < -0.4 is 9.62 Å². The molecule has 1 N–H and O–H groups in total. The number of aryl methyl sites for hydroxylation is 1. The van der Waals surface area contributed by atoms with Crippen molar-refractivity contribution in [3.63, 3.8) is 0 Å². The lowest BCUT2D eigenvalue weighted by Crippen LogP contribution is -2.52. The van der Waals surface area contributed by atoms with Gasteiger partial charge in [0.15, 0.2) is 0 Å². The van der Waals surface area contributed by atoms with Crippen molar-refractivity contribution >= 4 is 27.5 Å². The Hall–Kier alpha value is -3.72. The number of carbonyl (C=O) groups excluding carboxylic acids is 2. The second-order valence-corrected chi connectivity index (χ2v) is 13.4. The van der Waals surface area contributed by atoms with Gasteiger partial charge in [-0.1, -0.05) is 67.4 Å². The second-order valence-electron chi connectivity index (χ2n) is 11.5. The Morgan fingerprint density at radius 2 is 1.60 bits per heavy atom. The van der Waals surface area contributed by atoms with Crippen LogP contribution in [0.15, 0.2) is 72.8 Å². The molecule has 7 nitrogen and oxygen atoms in total. The van der Waals surface area contributed by atoms with Crippen LogP contribution in [0.25, 0.3) is 0 Å². The molecule has 1 saturated carbocycles. The van der Waals surface area contributed by atoms with E-state index in [2.05, 4.69) is 5.32 Å². The molecule has 3 aromatic carbocycles. The van der Waals surface area contributed by atoms with E-state index in [1.807, 2.05) is 56.3 Å². The van der Waals surface area contributed by atoms with E-state index in [1.54, 1.807) is 23.1 Å². The predicted molar refractivity (Wildman–Crippen MR) is 169 cm³/mol. The predicted octanol–water partition coefficient (Wildman–Crippen LogP) is 5.69. The van der Waals surface area contributed by atoms with Crippen LogP contribution in [0.2, 0.25) is 0 Å². The maximum atomic E-state index is 14.0. The van der Waals surface area contributed by atoms with E-state index in [0.29, 0.717) is 17.7 Å². The minimum Gasteiger partial charge on any atom is -0.352 e. The monoisotopic (exact) mass is 607 g/mol. The standard InChI is InChI=1S/C34H42FN3O4S/c1-25-11-9-16-31(26(25)2)38(43(3,41)42)22-10-17-33(39)37(24-28-18-20-29(35)21-19-28)32(23-27-12-5-4-6-13-27)34(40)36-30-14-7-8-15-30/h4-6,9,11-13,16,18-21,30,32H,7-8,10,14-15,17,22-24H2,1-3H3,(H,36,40)/t32-/m0/s1. The fraction of sp³-hybridized carbons (Fsp3) is 0.412. The van der Waals surface area contributed by atoms with Crippen LogP contribution in [-0.2, 0) is 32.6 Å². The average molecular weight is 608 g/mol. The third-order valence-corrected chi connectivity index (χ3v) is 9.42. The molecule has 0 radical (unpaired) electrons. The van der Waals surface area contributed by atoms with Crippen LogP contribution in [0.4, 0.5) is 10.1 Å². The molecule has 0 aliphatic heterocycles. The van der Waals surface area contributed by atoms with E-state index in [-0.39, 0.29) is 49.6 Å². The van der Waals surface area contributed by atoms with Gasteiger partial charge in [-0.15, -0.1) is 0 Å². The molecule has 0 spiro atoms. The second kappa shape index (κ2) is 14.6. The zero-order chi connectivity index (χ0) is 31.0. The number of rotatable bonds is 13. The fourth-order valence-corrected chi connectivity index (χ4v) is 6.71. The summed E-state index contributed by atoms with van der Waals surface area (Å²) in [6.45, 7) is 4.06. The first kappa shape index (κ1) is 32.2. The van der Waals surface area contributed by atoms with Gasteiger partial charge in [0.2, 0.25) is 21.8 Å². The molecule has 0 saturated heterocycles. The average Bonchev–Trinajstić information content (AvgIpc) is 3.48. The smallest absolute Gasteiger partial charge is 0.243 e. The Bertz CT molecular complexity index is 1490. The van der Waals surface area contributed by atoms with Crippen molar-refractivity contribution in [3.8, 4) is 0 Å². The van der Waals surface area contributed by atoms with E-state index in [4.69, 9.17) is 0 Å². The van der Waals surface area contributed by atoms with Gasteiger partial charge in [-0.05, 0) is 73.6 Å². The van der Waals surface area contributed by atoms with Crippen LogP contribution in [0.5, 0.6) is 0 Å². The lowest BCUT2D eigenvalue weighted by atomic mass is 10.0. The van der Waals surface area contributed by atoms with Gasteiger partial charge in [-0.25, -0.2) is 12.8 Å². The molecule has 0 heterocycles. The number of nitrogens with zero attached hydrogens (tertiary/aromatic N) is 2. The molecule has 230 valence electrons. The van der Waals surface area contributed by atoms with Gasteiger partial charge in [-0.3, -0.25) is 13.9 Å². The number of sulfonamides is 1. The van der Waals surface area contributed by atoms with Crippen LogP contribution in [-0.4, -0.2) is 50.0 Å². The molecule has 1 aliphatic carbocycles. The number of amides is 2. The number of hydrogen-bond donors (Lipinski definition) is 1. The van der Waals surface area contributed by atoms with Crippen molar-refractivity contribution in [2.45, 2.75) is 77.4 Å². The first-order valence-electron chi connectivity index (χ1n) is 14.9. The third-order valence-electron chi connectivity index (χ3n) is 8.24. The van der Waals surface area contributed by atoms with E-state index in [0.717, 1.165) is 42.4 Å². The summed E-state index contributed by atoms with van der Waals surface area (Å²) in [6, 6.07) is 20.3. The third kappa shape index (κ3) is 8.89. The fourth-order valence-electron chi connectivity index (χ4n) is 5.70. The van der Waals surface area contributed by atoms with Crippen molar-refractivity contribution in [2.75, 3.05) is 17.1 Å². The van der Waals surface area contributed by atoms with Crippen molar-refractivity contribution in [1.82, 2.24) is 10.2 Å². The minimum atomic E-state index is -3.60. The quantitative estimate of drug-likeness (QED) is 0.271. The van der Waals surface area contributed by atoms with Crippen LogP contribution in [0.1, 0.15) is 60.8 Å². The highest BCUT2D eigenvalue weighted by Gasteiger charge is 2.32. The number of halogens is 1. The highest BCUT2D eigenvalue weighted by molar-refractivity contribution is 7.92. The summed E-state index contributed by atoms with van der Waals surface area (Å²) < 4.78 is 40.6. The van der Waals surface area contributed by atoms with E-state index >= 15 is 0 Å². The van der Waals surface area contributed by atoms with Gasteiger partial charge in [0.1, 0.15) is 11.9 Å². The molecule has 2 amide bonds. The van der Waals surface area contributed by atoms with Crippen LogP contribution in [0.3, 0.4) is 0 Å². The molecule has 4 rings (SSSR count). The Kier molecular flexibility index (Phi) is 11.0. The minimum absolute atomic E-state index is 0.0417. The summed E-state index contributed by atoms with van der Waals surface area (Å²) in [5.41, 5.74) is 4.06. The Morgan fingerprint density at radius 3 is 2.26 bits per heavy atom. The first-order valence-corrected chi connectivity index (χ1v) is 16.8. The molecule has 9 heteroatoms. The van der Waals surface area contributed by atoms with Gasteiger partial charge >= 0.3 is 0 Å². The molecule has 0 bridgehead atoms. The maximum absolute atomic E-state index is 14.0. The normalized spacial score (nSPS) is 14.3. The molecule has 1 aliphatic rings. The summed E-state index contributed by atoms with van der Waals surface area (Å²) in [5.74, 6) is -0.852. The first-order chi connectivity index (χ1) is 20.5. The molecule has 1 atom stereocenters. The van der Waals surface area contributed by atoms with E-state index < -0.39 is 16.1 Å². The number of nitrogens with one attached hydrogen (secondary N) is 1. The topological polar surface area (TPSA) is 86.8 Å². The largest absolute Gasteiger partial charge is 0.352 e. The van der Waals surface area contributed by atoms with Crippen LogP contribution >= 0.6 is 0 Å². The van der Waals surface area contributed by atoms with Crippen molar-refractivity contribution < 1.29 is 22.4 Å². The van der Waals surface area contributed by atoms with Gasteiger partial charge in [0.05, 0.1) is 11.9 Å². The van der Waals surface area contributed by atoms with Gasteiger partial charge in [0.25, 0.3) is 0 Å².